The van der Waals surface area contributed by atoms with Gasteiger partial charge in [-0.1, -0.05) is 12.7 Å². The van der Waals surface area contributed by atoms with E-state index in [9.17, 15) is 9.59 Å². The first kappa shape index (κ1) is 23.3. The zero-order chi connectivity index (χ0) is 22.6. The Morgan fingerprint density at radius 2 is 1.81 bits per heavy atom. The van der Waals surface area contributed by atoms with Crippen LogP contribution in [-0.2, 0) is 4.79 Å². The molecule has 2 aromatic rings. The molecule has 164 valence electrons. The third-order valence-corrected chi connectivity index (χ3v) is 3.80. The fraction of sp³-hybridized carbons (Fsp3) is 0.227. The van der Waals surface area contributed by atoms with Gasteiger partial charge in [-0.3, -0.25) is 9.59 Å². The Balaban J connectivity index is 2.07. The number of rotatable bonds is 12. The monoisotopic (exact) mass is 427 g/mol. The van der Waals surface area contributed by atoms with Crippen molar-refractivity contribution in [2.24, 2.45) is 10.8 Å². The zero-order valence-corrected chi connectivity index (χ0v) is 17.4. The van der Waals surface area contributed by atoms with Crippen LogP contribution in [0.1, 0.15) is 22.8 Å². The number of hydrogen-bond acceptors (Lipinski definition) is 7. The number of amides is 2. The molecule has 2 aromatic carbocycles. The minimum absolute atomic E-state index is 0.259. The minimum atomic E-state index is -0.590. The molecule has 2 rings (SSSR count). The first-order chi connectivity index (χ1) is 15.0. The Bertz CT molecular complexity index is 958. The molecule has 0 aliphatic carbocycles. The fourth-order valence-corrected chi connectivity index (χ4v) is 2.45. The quantitative estimate of drug-likeness (QED) is 0.305. The van der Waals surface area contributed by atoms with E-state index in [-0.39, 0.29) is 6.61 Å². The van der Waals surface area contributed by atoms with Crippen molar-refractivity contribution in [3.8, 4) is 23.0 Å². The summed E-state index contributed by atoms with van der Waals surface area (Å²) in [5.74, 6) is 0.728. The first-order valence-corrected chi connectivity index (χ1v) is 9.41. The van der Waals surface area contributed by atoms with E-state index in [0.717, 1.165) is 0 Å². The summed E-state index contributed by atoms with van der Waals surface area (Å²) in [7, 11) is 1.49. The number of carbonyl (C=O) groups excluding carboxylic acids is 2. The van der Waals surface area contributed by atoms with Gasteiger partial charge >= 0.3 is 0 Å². The molecule has 0 saturated heterocycles. The molecular formula is C22H25N3O6. The summed E-state index contributed by atoms with van der Waals surface area (Å²) in [4.78, 5) is 23.3. The molecular weight excluding hydrogens is 402 g/mol. The maximum absolute atomic E-state index is 12.4. The maximum atomic E-state index is 12.4. The summed E-state index contributed by atoms with van der Waals surface area (Å²) in [5, 5.41) is 3.97. The Hall–Kier alpha value is -4.01. The van der Waals surface area contributed by atoms with E-state index >= 15 is 0 Å². The molecule has 0 atom stereocenters. The number of primary amides is 1. The second-order valence-electron chi connectivity index (χ2n) is 6.06. The molecule has 0 spiro atoms. The molecule has 9 heteroatoms. The number of hydrogen-bond donors (Lipinski definition) is 2. The second kappa shape index (κ2) is 11.9. The molecule has 9 nitrogen and oxygen atoms in total. The molecule has 0 aromatic heterocycles. The van der Waals surface area contributed by atoms with Crippen LogP contribution in [0.4, 0.5) is 0 Å². The van der Waals surface area contributed by atoms with Crippen LogP contribution >= 0.6 is 0 Å². The largest absolute Gasteiger partial charge is 0.493 e. The number of benzene rings is 2. The van der Waals surface area contributed by atoms with Crippen LogP contribution in [-0.4, -0.2) is 45.0 Å². The SMILES string of the molecule is C=CCOc1ccc(C(=O)N/N=C/c2ccc(OCC(N)=O)c(OCC)c2)cc1OC. The molecule has 0 aliphatic heterocycles. The number of nitrogens with two attached hydrogens (primary N) is 1. The fourth-order valence-electron chi connectivity index (χ4n) is 2.45. The van der Waals surface area contributed by atoms with Crippen molar-refractivity contribution in [2.45, 2.75) is 6.92 Å². The van der Waals surface area contributed by atoms with Gasteiger partial charge in [-0.2, -0.15) is 5.10 Å². The van der Waals surface area contributed by atoms with Gasteiger partial charge < -0.3 is 24.7 Å². The topological polar surface area (TPSA) is 121 Å². The Morgan fingerprint density at radius 1 is 1.06 bits per heavy atom. The highest BCUT2D eigenvalue weighted by molar-refractivity contribution is 5.95. The maximum Gasteiger partial charge on any atom is 0.271 e. The Morgan fingerprint density at radius 3 is 2.48 bits per heavy atom. The van der Waals surface area contributed by atoms with Crippen molar-refractivity contribution in [3.05, 3.63) is 60.2 Å². The van der Waals surface area contributed by atoms with E-state index in [2.05, 4.69) is 17.1 Å². The van der Waals surface area contributed by atoms with Crippen LogP contribution in [0.25, 0.3) is 0 Å². The smallest absolute Gasteiger partial charge is 0.271 e. The molecule has 0 radical (unpaired) electrons. The van der Waals surface area contributed by atoms with E-state index in [0.29, 0.717) is 47.3 Å². The highest BCUT2D eigenvalue weighted by Crippen LogP contribution is 2.29. The first-order valence-electron chi connectivity index (χ1n) is 9.41. The van der Waals surface area contributed by atoms with Crippen molar-refractivity contribution in [1.29, 1.82) is 0 Å². The van der Waals surface area contributed by atoms with Gasteiger partial charge in [-0.25, -0.2) is 5.43 Å². The number of nitrogens with zero attached hydrogens (tertiary/aromatic N) is 1. The molecule has 0 unspecified atom stereocenters. The Kier molecular flexibility index (Phi) is 8.90. The number of nitrogens with one attached hydrogen (secondary N) is 1. The molecule has 3 N–H and O–H groups in total. The number of methoxy groups -OCH3 is 1. The normalized spacial score (nSPS) is 10.4. The van der Waals surface area contributed by atoms with Crippen molar-refractivity contribution in [1.82, 2.24) is 5.43 Å². The summed E-state index contributed by atoms with van der Waals surface area (Å²) < 4.78 is 21.6. The average molecular weight is 427 g/mol. The van der Waals surface area contributed by atoms with Gasteiger partial charge in [0.15, 0.2) is 29.6 Å². The van der Waals surface area contributed by atoms with Gasteiger partial charge in [0.1, 0.15) is 6.61 Å². The van der Waals surface area contributed by atoms with Crippen LogP contribution in [0.3, 0.4) is 0 Å². The molecule has 0 heterocycles. The summed E-state index contributed by atoms with van der Waals surface area (Å²) in [6.45, 7) is 5.88. The molecule has 2 amide bonds. The van der Waals surface area contributed by atoms with Gasteiger partial charge in [0, 0.05) is 5.56 Å². The predicted molar refractivity (Wildman–Crippen MR) is 116 cm³/mol. The van der Waals surface area contributed by atoms with Gasteiger partial charge in [0.25, 0.3) is 11.8 Å². The lowest BCUT2D eigenvalue weighted by Gasteiger charge is -2.11. The average Bonchev–Trinajstić information content (AvgIpc) is 2.77. The van der Waals surface area contributed by atoms with E-state index < -0.39 is 11.8 Å². The lowest BCUT2D eigenvalue weighted by molar-refractivity contribution is -0.119. The van der Waals surface area contributed by atoms with Crippen LogP contribution in [0, 0.1) is 0 Å². The third kappa shape index (κ3) is 7.07. The molecule has 31 heavy (non-hydrogen) atoms. The van der Waals surface area contributed by atoms with Crippen molar-refractivity contribution in [3.63, 3.8) is 0 Å². The van der Waals surface area contributed by atoms with E-state index in [1.807, 2.05) is 6.92 Å². The molecule has 0 saturated carbocycles. The van der Waals surface area contributed by atoms with Gasteiger partial charge in [0.05, 0.1) is 19.9 Å². The summed E-state index contributed by atoms with van der Waals surface area (Å²) >= 11 is 0. The standard InChI is InChI=1S/C22H25N3O6/c1-4-10-30-17-9-7-16(12-19(17)28-3)22(27)25-24-13-15-6-8-18(31-14-21(23)26)20(11-15)29-5-2/h4,6-9,11-13H,1,5,10,14H2,2-3H3,(H2,23,26)(H,25,27)/b24-13+. The molecule has 0 aliphatic rings. The van der Waals surface area contributed by atoms with Gasteiger partial charge in [-0.15, -0.1) is 0 Å². The zero-order valence-electron chi connectivity index (χ0n) is 17.4. The lowest BCUT2D eigenvalue weighted by Crippen LogP contribution is -2.20. The van der Waals surface area contributed by atoms with Crippen LogP contribution in [0.5, 0.6) is 23.0 Å². The predicted octanol–water partition coefficient (Wildman–Crippen LogP) is 2.29. The van der Waals surface area contributed by atoms with Crippen molar-refractivity contribution in [2.75, 3.05) is 26.9 Å². The summed E-state index contributed by atoms with van der Waals surface area (Å²) in [5.41, 5.74) is 8.56. The number of hydrazone groups is 1. The van der Waals surface area contributed by atoms with E-state index in [1.54, 1.807) is 42.5 Å². The number of ether oxygens (including phenoxy) is 4. The van der Waals surface area contributed by atoms with Crippen LogP contribution < -0.4 is 30.1 Å². The van der Waals surface area contributed by atoms with Crippen molar-refractivity contribution < 1.29 is 28.5 Å². The summed E-state index contributed by atoms with van der Waals surface area (Å²) in [6, 6.07) is 9.79. The van der Waals surface area contributed by atoms with Crippen molar-refractivity contribution >= 4 is 18.0 Å². The highest BCUT2D eigenvalue weighted by Gasteiger charge is 2.11. The van der Waals surface area contributed by atoms with Gasteiger partial charge in [-0.05, 0) is 48.9 Å². The summed E-state index contributed by atoms with van der Waals surface area (Å²) in [6.07, 6.45) is 3.07. The molecule has 0 fully saturated rings. The van der Waals surface area contributed by atoms with Crippen LogP contribution in [0.15, 0.2) is 54.2 Å². The minimum Gasteiger partial charge on any atom is -0.493 e. The van der Waals surface area contributed by atoms with Gasteiger partial charge in [0.2, 0.25) is 0 Å². The highest BCUT2D eigenvalue weighted by atomic mass is 16.5. The van der Waals surface area contributed by atoms with Crippen LogP contribution in [0.2, 0.25) is 0 Å². The molecule has 0 bridgehead atoms. The van der Waals surface area contributed by atoms with E-state index in [4.69, 9.17) is 24.7 Å². The second-order valence-corrected chi connectivity index (χ2v) is 6.06. The Labute approximate surface area is 180 Å². The third-order valence-electron chi connectivity index (χ3n) is 3.80. The number of carbonyl (C=O) groups is 2. The lowest BCUT2D eigenvalue weighted by atomic mass is 10.2. The van der Waals surface area contributed by atoms with E-state index in [1.165, 1.54) is 13.3 Å².